The van der Waals surface area contributed by atoms with Crippen molar-refractivity contribution in [3.8, 4) is 0 Å². The first-order valence-corrected chi connectivity index (χ1v) is 9.30. The molecule has 0 aliphatic carbocycles. The molecule has 3 N–H and O–H groups in total. The lowest BCUT2D eigenvalue weighted by Gasteiger charge is -2.32. The van der Waals surface area contributed by atoms with E-state index in [4.69, 9.17) is 0 Å². The number of aromatic nitrogens is 2. The molecule has 0 saturated heterocycles. The second-order valence-corrected chi connectivity index (χ2v) is 7.13. The van der Waals surface area contributed by atoms with Crippen LogP contribution in [0.3, 0.4) is 0 Å². The molecule has 172 valence electrons. The zero-order valence-electron chi connectivity index (χ0n) is 16.4. The van der Waals surface area contributed by atoms with Crippen molar-refractivity contribution in [2.24, 2.45) is 0 Å². The van der Waals surface area contributed by atoms with Gasteiger partial charge in [-0.2, -0.15) is 26.3 Å². The van der Waals surface area contributed by atoms with E-state index >= 15 is 0 Å². The summed E-state index contributed by atoms with van der Waals surface area (Å²) in [5.74, 6) is 0.332. The minimum Gasteiger partial charge on any atom is -0.369 e. The summed E-state index contributed by atoms with van der Waals surface area (Å²) in [6.07, 6.45) is -8.92. The Morgan fingerprint density at radius 3 is 2.18 bits per heavy atom. The van der Waals surface area contributed by atoms with Gasteiger partial charge in [-0.1, -0.05) is 36.4 Å². The summed E-state index contributed by atoms with van der Waals surface area (Å²) in [6, 6.07) is 10.8. The van der Waals surface area contributed by atoms with Crippen LogP contribution in [0.5, 0.6) is 0 Å². The number of nitrogens with zero attached hydrogens (tertiary/aromatic N) is 2. The van der Waals surface area contributed by atoms with E-state index < -0.39 is 29.5 Å². The number of urea groups is 1. The van der Waals surface area contributed by atoms with Gasteiger partial charge in [-0.3, -0.25) is 9.72 Å². The maximum absolute atomic E-state index is 13.0. The van der Waals surface area contributed by atoms with Crippen LogP contribution in [0.4, 0.5) is 42.6 Å². The molecule has 2 amide bonds. The molecule has 0 aliphatic heterocycles. The van der Waals surface area contributed by atoms with E-state index in [0.29, 0.717) is 23.5 Å². The lowest BCUT2D eigenvalue weighted by molar-refractivity contribution is -0.376. The number of carbonyl (C=O) groups is 1. The third kappa shape index (κ3) is 3.82. The molecule has 33 heavy (non-hydrogen) atoms. The van der Waals surface area contributed by atoms with E-state index in [-0.39, 0.29) is 5.69 Å². The number of imidazole rings is 1. The van der Waals surface area contributed by atoms with Crippen LogP contribution in [0.25, 0.3) is 16.3 Å². The molecular weight excluding hydrogens is 454 g/mol. The number of rotatable bonds is 3. The molecule has 0 bridgehead atoms. The highest BCUT2D eigenvalue weighted by molar-refractivity contribution is 6.03. The number of hydrogen-bond acceptors (Lipinski definition) is 3. The summed E-state index contributed by atoms with van der Waals surface area (Å²) in [6.45, 7) is 0. The number of aliphatic hydroxyl groups is 1. The fourth-order valence-electron chi connectivity index (χ4n) is 3.42. The van der Waals surface area contributed by atoms with Crippen molar-refractivity contribution in [2.75, 3.05) is 10.6 Å². The van der Waals surface area contributed by atoms with Crippen LogP contribution in [0.15, 0.2) is 67.1 Å². The highest BCUT2D eigenvalue weighted by Gasteiger charge is 2.71. The number of pyridine rings is 1. The first-order valence-electron chi connectivity index (χ1n) is 9.30. The van der Waals surface area contributed by atoms with Gasteiger partial charge in [-0.05, 0) is 23.6 Å². The summed E-state index contributed by atoms with van der Waals surface area (Å²) in [7, 11) is 0. The smallest absolute Gasteiger partial charge is 0.369 e. The van der Waals surface area contributed by atoms with Crippen molar-refractivity contribution in [2.45, 2.75) is 18.0 Å². The Morgan fingerprint density at radius 2 is 1.55 bits per heavy atom. The van der Waals surface area contributed by atoms with Gasteiger partial charge < -0.3 is 10.4 Å². The molecule has 4 rings (SSSR count). The number of nitrogens with one attached hydrogen (secondary N) is 2. The van der Waals surface area contributed by atoms with Crippen molar-refractivity contribution < 1.29 is 36.2 Å². The van der Waals surface area contributed by atoms with Crippen LogP contribution in [-0.4, -0.2) is 32.9 Å². The Hall–Kier alpha value is -3.80. The average Bonchev–Trinajstić information content (AvgIpc) is 3.23. The van der Waals surface area contributed by atoms with Crippen LogP contribution < -0.4 is 10.6 Å². The van der Waals surface area contributed by atoms with Crippen LogP contribution >= 0.6 is 0 Å². The van der Waals surface area contributed by atoms with Gasteiger partial charge in [-0.25, -0.2) is 9.78 Å². The third-order valence-corrected chi connectivity index (χ3v) is 5.05. The molecule has 0 unspecified atom stereocenters. The third-order valence-electron chi connectivity index (χ3n) is 5.05. The van der Waals surface area contributed by atoms with E-state index in [0.717, 1.165) is 22.9 Å². The standard InChI is InChI=1S/C21H14F6N4O2/c22-20(23,24)19(33,21(25,26)27)13-5-7-14(8-6-13)29-18(32)30-17-9-12-3-1-2-4-15(12)16-10-28-11-31(16)17/h1-11,33H,(H2,29,30,32). The van der Waals surface area contributed by atoms with Crippen molar-refractivity contribution in [1.29, 1.82) is 0 Å². The second-order valence-electron chi connectivity index (χ2n) is 7.13. The van der Waals surface area contributed by atoms with E-state index in [1.807, 2.05) is 24.3 Å². The summed E-state index contributed by atoms with van der Waals surface area (Å²) in [5, 5.41) is 16.0. The number of carbonyl (C=O) groups excluding carboxylic acids is 1. The number of halogens is 6. The predicted octanol–water partition coefficient (Wildman–Crippen LogP) is 5.44. The quantitative estimate of drug-likeness (QED) is 0.350. The normalized spacial score (nSPS) is 12.8. The van der Waals surface area contributed by atoms with E-state index in [9.17, 15) is 36.2 Å². The molecule has 4 aromatic rings. The van der Waals surface area contributed by atoms with Crippen molar-refractivity contribution in [1.82, 2.24) is 9.38 Å². The maximum atomic E-state index is 13.0. The average molecular weight is 468 g/mol. The first kappa shape index (κ1) is 22.4. The Balaban J connectivity index is 1.57. The molecule has 6 nitrogen and oxygen atoms in total. The van der Waals surface area contributed by atoms with Crippen LogP contribution in [0.2, 0.25) is 0 Å². The molecule has 12 heteroatoms. The first-order chi connectivity index (χ1) is 15.4. The van der Waals surface area contributed by atoms with Crippen molar-refractivity contribution >= 4 is 33.8 Å². The molecule has 0 saturated carbocycles. The number of amides is 2. The molecule has 0 aliphatic rings. The molecular formula is C21H14F6N4O2. The van der Waals surface area contributed by atoms with Gasteiger partial charge in [0.15, 0.2) is 0 Å². The lowest BCUT2D eigenvalue weighted by atomic mass is 9.92. The SMILES string of the molecule is O=C(Nc1ccc(C(O)(C(F)(F)F)C(F)(F)F)cc1)Nc1cc2ccccc2c2cncn12. The lowest BCUT2D eigenvalue weighted by Crippen LogP contribution is -2.53. The Labute approximate surface area is 181 Å². The van der Waals surface area contributed by atoms with Gasteiger partial charge in [0.2, 0.25) is 0 Å². The van der Waals surface area contributed by atoms with E-state index in [1.165, 1.54) is 6.33 Å². The van der Waals surface area contributed by atoms with Crippen LogP contribution in [0.1, 0.15) is 5.56 Å². The molecule has 2 heterocycles. The molecule has 0 spiro atoms. The monoisotopic (exact) mass is 468 g/mol. The van der Waals surface area contributed by atoms with Gasteiger partial charge in [0.05, 0.1) is 11.7 Å². The summed E-state index contributed by atoms with van der Waals surface area (Å²) in [5.41, 5.74) is -5.85. The number of anilines is 2. The van der Waals surface area contributed by atoms with Gasteiger partial charge in [0, 0.05) is 16.6 Å². The van der Waals surface area contributed by atoms with E-state index in [2.05, 4.69) is 15.6 Å². The number of benzene rings is 2. The van der Waals surface area contributed by atoms with Crippen LogP contribution in [0, 0.1) is 0 Å². The zero-order valence-corrected chi connectivity index (χ0v) is 16.4. The maximum Gasteiger partial charge on any atom is 0.430 e. The van der Waals surface area contributed by atoms with Crippen molar-refractivity contribution in [3.63, 3.8) is 0 Å². The summed E-state index contributed by atoms with van der Waals surface area (Å²) >= 11 is 0. The molecule has 2 aromatic carbocycles. The van der Waals surface area contributed by atoms with Crippen molar-refractivity contribution in [3.05, 3.63) is 72.7 Å². The molecule has 0 radical (unpaired) electrons. The Bertz CT molecular complexity index is 1310. The highest BCUT2D eigenvalue weighted by Crippen LogP contribution is 2.50. The van der Waals surface area contributed by atoms with Gasteiger partial charge in [-0.15, -0.1) is 0 Å². The molecule has 2 aromatic heterocycles. The number of hydrogen-bond donors (Lipinski definition) is 3. The minimum atomic E-state index is -6.00. The highest BCUT2D eigenvalue weighted by atomic mass is 19.4. The fraction of sp³-hybridized carbons (Fsp3) is 0.143. The van der Waals surface area contributed by atoms with Gasteiger partial charge >= 0.3 is 18.4 Å². The topological polar surface area (TPSA) is 78.7 Å². The fourth-order valence-corrected chi connectivity index (χ4v) is 3.42. The van der Waals surface area contributed by atoms with Gasteiger partial charge in [0.25, 0.3) is 5.60 Å². The van der Waals surface area contributed by atoms with Gasteiger partial charge in [0.1, 0.15) is 12.1 Å². The predicted molar refractivity (Wildman–Crippen MR) is 108 cm³/mol. The Morgan fingerprint density at radius 1 is 0.909 bits per heavy atom. The number of fused-ring (bicyclic) bond motifs is 3. The largest absolute Gasteiger partial charge is 0.430 e. The van der Waals surface area contributed by atoms with E-state index in [1.54, 1.807) is 16.7 Å². The summed E-state index contributed by atoms with van der Waals surface area (Å²) in [4.78, 5) is 16.5. The molecule has 0 atom stereocenters. The molecule has 0 fully saturated rings. The van der Waals surface area contributed by atoms with Crippen LogP contribution in [-0.2, 0) is 5.60 Å². The second kappa shape index (κ2) is 7.66. The summed E-state index contributed by atoms with van der Waals surface area (Å²) < 4.78 is 79.6. The Kier molecular flexibility index (Phi) is 5.20. The zero-order chi connectivity index (χ0) is 24.0. The minimum absolute atomic E-state index is 0.0920. The number of alkyl halides is 6.